The maximum Gasteiger partial charge on any atom is 0.262 e. The fraction of sp³-hybridized carbons (Fsp3) is 0. The van der Waals surface area contributed by atoms with Gasteiger partial charge in [-0.25, -0.2) is 8.42 Å². The van der Waals surface area contributed by atoms with E-state index in [1.807, 2.05) is 0 Å². The van der Waals surface area contributed by atoms with Gasteiger partial charge in [0.15, 0.2) is 5.78 Å². The Bertz CT molecular complexity index is 675. The van der Waals surface area contributed by atoms with Crippen molar-refractivity contribution in [2.45, 2.75) is 0 Å². The van der Waals surface area contributed by atoms with Gasteiger partial charge in [-0.3, -0.25) is 4.79 Å². The van der Waals surface area contributed by atoms with Gasteiger partial charge in [0.2, 0.25) is 0 Å². The lowest BCUT2D eigenvalue weighted by molar-refractivity contribution is 0.103. The number of carbonyl (C=O) groups is 1. The third-order valence-electron chi connectivity index (χ3n) is 2.35. The van der Waals surface area contributed by atoms with Gasteiger partial charge < -0.3 is 8.74 Å². The summed E-state index contributed by atoms with van der Waals surface area (Å²) in [6.07, 6.45) is 0. The van der Waals surface area contributed by atoms with E-state index in [2.05, 4.69) is 4.18 Å². The highest BCUT2D eigenvalue weighted by molar-refractivity contribution is 7.81. The first-order valence-corrected chi connectivity index (χ1v) is 6.64. The monoisotopic (exact) mass is 277 g/mol. The molecule has 0 atom stereocenters. The SMILES string of the molecule is O=C(c1ccccc1)c1ccc(OS(=O)(=O)[O-])cc1. The second-order valence-electron chi connectivity index (χ2n) is 3.71. The molecule has 6 heteroatoms. The van der Waals surface area contributed by atoms with E-state index in [-0.39, 0.29) is 11.5 Å². The van der Waals surface area contributed by atoms with Gasteiger partial charge in [-0.15, -0.1) is 0 Å². The summed E-state index contributed by atoms with van der Waals surface area (Å²) in [6.45, 7) is 0. The van der Waals surface area contributed by atoms with Crippen molar-refractivity contribution < 1.29 is 21.9 Å². The number of rotatable bonds is 4. The first-order chi connectivity index (χ1) is 8.96. The molecule has 0 aliphatic heterocycles. The Balaban J connectivity index is 2.22. The smallest absolute Gasteiger partial charge is 0.262 e. The molecule has 0 aliphatic rings. The molecular formula is C13H9O5S-. The van der Waals surface area contributed by atoms with Crippen LogP contribution in [-0.4, -0.2) is 18.8 Å². The van der Waals surface area contributed by atoms with Crippen LogP contribution in [0.3, 0.4) is 0 Å². The van der Waals surface area contributed by atoms with E-state index >= 15 is 0 Å². The van der Waals surface area contributed by atoms with Crippen molar-refractivity contribution in [1.82, 2.24) is 0 Å². The van der Waals surface area contributed by atoms with Crippen LogP contribution >= 0.6 is 0 Å². The first-order valence-electron chi connectivity index (χ1n) is 5.31. The predicted molar refractivity (Wildman–Crippen MR) is 66.6 cm³/mol. The molecule has 0 aliphatic carbocycles. The molecule has 0 amide bonds. The summed E-state index contributed by atoms with van der Waals surface area (Å²) in [5.74, 6) is -0.322. The van der Waals surface area contributed by atoms with Crippen molar-refractivity contribution in [3.8, 4) is 5.75 Å². The molecule has 0 spiro atoms. The van der Waals surface area contributed by atoms with Gasteiger partial charge in [0.05, 0.1) is 0 Å². The van der Waals surface area contributed by atoms with Crippen LogP contribution in [0.25, 0.3) is 0 Å². The second-order valence-corrected chi connectivity index (χ2v) is 4.69. The Kier molecular flexibility index (Phi) is 3.64. The Morgan fingerprint density at radius 2 is 1.42 bits per heavy atom. The number of carbonyl (C=O) groups excluding carboxylic acids is 1. The lowest BCUT2D eigenvalue weighted by atomic mass is 10.0. The van der Waals surface area contributed by atoms with E-state index in [1.165, 1.54) is 24.3 Å². The highest BCUT2D eigenvalue weighted by Crippen LogP contribution is 2.16. The van der Waals surface area contributed by atoms with Crippen LogP contribution < -0.4 is 4.18 Å². The summed E-state index contributed by atoms with van der Waals surface area (Å²) in [6, 6.07) is 13.9. The first kappa shape index (κ1) is 13.3. The second kappa shape index (κ2) is 5.21. The molecule has 0 bridgehead atoms. The zero-order valence-corrected chi connectivity index (χ0v) is 10.5. The van der Waals surface area contributed by atoms with E-state index in [0.717, 1.165) is 0 Å². The average Bonchev–Trinajstić information content (AvgIpc) is 2.38. The number of hydrogen-bond donors (Lipinski definition) is 0. The molecule has 2 rings (SSSR count). The Labute approximate surface area is 110 Å². The van der Waals surface area contributed by atoms with Gasteiger partial charge in [-0.05, 0) is 24.3 Å². The van der Waals surface area contributed by atoms with Gasteiger partial charge in [0, 0.05) is 11.1 Å². The minimum Gasteiger partial charge on any atom is -0.716 e. The molecule has 0 N–H and O–H groups in total. The molecule has 0 unspecified atom stereocenters. The van der Waals surface area contributed by atoms with Gasteiger partial charge >= 0.3 is 0 Å². The van der Waals surface area contributed by atoms with E-state index in [4.69, 9.17) is 0 Å². The van der Waals surface area contributed by atoms with Crippen molar-refractivity contribution in [3.05, 3.63) is 65.7 Å². The predicted octanol–water partition coefficient (Wildman–Crippen LogP) is 1.76. The topological polar surface area (TPSA) is 83.5 Å². The summed E-state index contributed by atoms with van der Waals surface area (Å²) in [7, 11) is -4.80. The molecular weight excluding hydrogens is 268 g/mol. The van der Waals surface area contributed by atoms with E-state index < -0.39 is 10.4 Å². The number of ketones is 1. The number of hydrogen-bond acceptors (Lipinski definition) is 5. The molecule has 0 aromatic heterocycles. The van der Waals surface area contributed by atoms with Crippen LogP contribution in [0.4, 0.5) is 0 Å². The zero-order valence-electron chi connectivity index (χ0n) is 9.65. The molecule has 0 radical (unpaired) electrons. The van der Waals surface area contributed by atoms with Crippen LogP contribution in [0, 0.1) is 0 Å². The highest BCUT2D eigenvalue weighted by atomic mass is 32.3. The van der Waals surface area contributed by atoms with Gasteiger partial charge in [-0.2, -0.15) is 0 Å². The third-order valence-corrected chi connectivity index (χ3v) is 2.75. The van der Waals surface area contributed by atoms with Crippen molar-refractivity contribution in [2.24, 2.45) is 0 Å². The van der Waals surface area contributed by atoms with Crippen molar-refractivity contribution in [1.29, 1.82) is 0 Å². The summed E-state index contributed by atoms with van der Waals surface area (Å²) < 4.78 is 35.3. The fourth-order valence-electron chi connectivity index (χ4n) is 1.54. The van der Waals surface area contributed by atoms with Crippen LogP contribution in [0.15, 0.2) is 54.6 Å². The third kappa shape index (κ3) is 3.64. The molecule has 0 fully saturated rings. The fourth-order valence-corrected chi connectivity index (χ4v) is 1.88. The van der Waals surface area contributed by atoms with Gasteiger partial charge in [0.25, 0.3) is 10.4 Å². The summed E-state index contributed by atoms with van der Waals surface area (Å²) in [5.41, 5.74) is 0.898. The lowest BCUT2D eigenvalue weighted by Crippen LogP contribution is -2.07. The van der Waals surface area contributed by atoms with Crippen LogP contribution in [0.5, 0.6) is 5.75 Å². The van der Waals surface area contributed by atoms with Crippen LogP contribution in [0.2, 0.25) is 0 Å². The largest absolute Gasteiger partial charge is 0.716 e. The molecule has 19 heavy (non-hydrogen) atoms. The molecule has 0 heterocycles. The van der Waals surface area contributed by atoms with Crippen LogP contribution in [-0.2, 0) is 10.4 Å². The summed E-state index contributed by atoms with van der Waals surface area (Å²) >= 11 is 0. The van der Waals surface area contributed by atoms with E-state index in [9.17, 15) is 17.8 Å². The van der Waals surface area contributed by atoms with Crippen molar-refractivity contribution in [3.63, 3.8) is 0 Å². The molecule has 98 valence electrons. The quantitative estimate of drug-likeness (QED) is 0.483. The van der Waals surface area contributed by atoms with Gasteiger partial charge in [-0.1, -0.05) is 30.3 Å². The standard InChI is InChI=1S/C13H10O5S/c14-13(10-4-2-1-3-5-10)11-6-8-12(9-7-11)18-19(15,16)17/h1-9H,(H,15,16,17)/p-1. The highest BCUT2D eigenvalue weighted by Gasteiger charge is 2.08. The minimum atomic E-state index is -4.80. The van der Waals surface area contributed by atoms with E-state index in [0.29, 0.717) is 11.1 Å². The molecule has 0 saturated heterocycles. The molecule has 5 nitrogen and oxygen atoms in total. The minimum absolute atomic E-state index is 0.125. The van der Waals surface area contributed by atoms with E-state index in [1.54, 1.807) is 30.3 Å². The Morgan fingerprint density at radius 1 is 0.895 bits per heavy atom. The maximum absolute atomic E-state index is 12.0. The molecule has 2 aromatic carbocycles. The van der Waals surface area contributed by atoms with Crippen LogP contribution in [0.1, 0.15) is 15.9 Å². The van der Waals surface area contributed by atoms with Crippen molar-refractivity contribution >= 4 is 16.2 Å². The summed E-state index contributed by atoms with van der Waals surface area (Å²) in [4.78, 5) is 12.0. The maximum atomic E-state index is 12.0. The normalized spacial score (nSPS) is 11.0. The molecule has 2 aromatic rings. The number of benzene rings is 2. The van der Waals surface area contributed by atoms with Crippen molar-refractivity contribution in [2.75, 3.05) is 0 Å². The van der Waals surface area contributed by atoms with Gasteiger partial charge in [0.1, 0.15) is 5.75 Å². The Morgan fingerprint density at radius 3 is 1.95 bits per heavy atom. The summed E-state index contributed by atoms with van der Waals surface area (Å²) in [5, 5.41) is 0. The molecule has 0 saturated carbocycles. The average molecular weight is 277 g/mol. The Hall–Kier alpha value is -2.18. The zero-order chi connectivity index (χ0) is 13.9. The lowest BCUT2D eigenvalue weighted by Gasteiger charge is -2.09.